The van der Waals surface area contributed by atoms with Gasteiger partial charge in [-0.15, -0.1) is 0 Å². The van der Waals surface area contributed by atoms with Crippen LogP contribution in [0.5, 0.6) is 0 Å². The van der Waals surface area contributed by atoms with Crippen molar-refractivity contribution in [2.45, 2.75) is 174 Å². The van der Waals surface area contributed by atoms with Crippen LogP contribution in [0.4, 0.5) is 0 Å². The number of carbonyl (C=O) groups is 8. The molecule has 1 aromatic carbocycles. The molecule has 0 aliphatic carbocycles. The minimum atomic E-state index is -0.996. The van der Waals surface area contributed by atoms with Crippen molar-refractivity contribution in [1.29, 1.82) is 0 Å². The second-order valence-corrected chi connectivity index (χ2v) is 20.1. The van der Waals surface area contributed by atoms with Crippen molar-refractivity contribution in [3.8, 4) is 0 Å². The Bertz CT molecular complexity index is 1960. The molecule has 22 nitrogen and oxygen atoms in total. The normalized spacial score (nSPS) is 17.5. The lowest BCUT2D eigenvalue weighted by Gasteiger charge is -2.37. The number of ether oxygens (including phenoxy) is 6. The number of nitrogens with one attached hydrogen (secondary N) is 5. The molecule has 1 fully saturated rings. The number of hydrogen-bond acceptors (Lipinski definition) is 16. The molecule has 6 amide bonds. The van der Waals surface area contributed by atoms with Crippen molar-refractivity contribution in [3.05, 3.63) is 35.9 Å². The molecule has 1 heterocycles. The van der Waals surface area contributed by atoms with E-state index in [4.69, 9.17) is 28.4 Å². The van der Waals surface area contributed by atoms with E-state index >= 15 is 0 Å². The SMILES string of the molecule is CCC(CO)OC(COC(=O)CCCC(=O)N[C@@H](C)C(=O)OCCCNC(=O)[C@H](Cc1ccccc1)NC(=O)[C@H](C)[C@@H](OC)[C@@H]1CCCN1C(=O)C[C@@H](OC)[C@H](C)N(C)C(=O)[C@@H](NC(=O)[C@@H](NC)C(C)C)C(C)C)OC. The monoisotopic (exact) mass is 1080 g/mol. The van der Waals surface area contributed by atoms with Gasteiger partial charge in [-0.25, -0.2) is 4.79 Å². The Morgan fingerprint density at radius 1 is 0.803 bits per heavy atom. The molecule has 6 N–H and O–H groups in total. The van der Waals surface area contributed by atoms with Crippen LogP contribution in [0.1, 0.15) is 112 Å². The molecule has 0 bridgehead atoms. The molecule has 1 aliphatic rings. The van der Waals surface area contributed by atoms with Gasteiger partial charge in [0.25, 0.3) is 0 Å². The lowest BCUT2D eigenvalue weighted by Crippen LogP contribution is -2.58. The first-order valence-electron chi connectivity index (χ1n) is 26.7. The molecule has 0 radical (unpaired) electrons. The number of aliphatic hydroxyl groups excluding tert-OH is 1. The summed E-state index contributed by atoms with van der Waals surface area (Å²) in [5, 5.41) is 23.5. The fourth-order valence-corrected chi connectivity index (χ4v) is 8.93. The fourth-order valence-electron chi connectivity index (χ4n) is 8.93. The molecule has 0 aromatic heterocycles. The summed E-state index contributed by atoms with van der Waals surface area (Å²) in [6.07, 6.45) is -0.566. The molecule has 1 aromatic rings. The maximum Gasteiger partial charge on any atom is 0.328 e. The molecule has 22 heteroatoms. The highest BCUT2D eigenvalue weighted by molar-refractivity contribution is 5.91. The Morgan fingerprint density at radius 2 is 1.47 bits per heavy atom. The fraction of sp³-hybridized carbons (Fsp3) is 0.741. The minimum Gasteiger partial charge on any atom is -0.464 e. The van der Waals surface area contributed by atoms with Crippen LogP contribution in [0, 0.1) is 17.8 Å². The van der Waals surface area contributed by atoms with Gasteiger partial charge in [-0.3, -0.25) is 33.6 Å². The van der Waals surface area contributed by atoms with E-state index < -0.39 is 96.4 Å². The maximum atomic E-state index is 14.2. The van der Waals surface area contributed by atoms with Crippen LogP contribution < -0.4 is 26.6 Å². The van der Waals surface area contributed by atoms with E-state index in [1.807, 2.05) is 65.0 Å². The van der Waals surface area contributed by atoms with Gasteiger partial charge >= 0.3 is 11.9 Å². The number of aliphatic hydroxyl groups is 1. The maximum absolute atomic E-state index is 14.2. The smallest absolute Gasteiger partial charge is 0.328 e. The van der Waals surface area contributed by atoms with Gasteiger partial charge in [0.15, 0.2) is 6.29 Å². The molecular weight excluding hydrogens is 987 g/mol. The first-order valence-corrected chi connectivity index (χ1v) is 26.7. The van der Waals surface area contributed by atoms with Gasteiger partial charge in [-0.2, -0.15) is 0 Å². The number of methoxy groups -OCH3 is 3. The van der Waals surface area contributed by atoms with E-state index in [0.717, 1.165) is 5.56 Å². The average Bonchev–Trinajstić information content (AvgIpc) is 3.88. The van der Waals surface area contributed by atoms with Crippen molar-refractivity contribution in [2.24, 2.45) is 17.8 Å². The van der Waals surface area contributed by atoms with E-state index in [-0.39, 0.29) is 94.4 Å². The average molecular weight is 1080 g/mol. The molecule has 0 spiro atoms. The Kier molecular flexibility index (Phi) is 31.0. The predicted octanol–water partition coefficient (Wildman–Crippen LogP) is 2.02. The standard InChI is InChI=1S/C54H91N7O15/c1-14-39(31-62)76-46(72-12)32-75-45(65)25-18-24-43(63)57-36(7)54(70)74-28-20-26-56-51(67)40(29-38-21-16-15-17-22-38)58-50(66)35(6)49(73-13)41-23-19-27-61(41)44(64)30-42(71-11)37(8)60(10)53(69)48(34(4)5)59-52(68)47(55-9)33(2)3/h15-17,21-22,33-37,39-42,46-49,55,62H,14,18-20,23-32H2,1-13H3,(H,56,67)(H,57,63)(H,58,66)(H,59,68)/t35-,36+,37+,39?,40+,41+,42-,46?,47+,48+,49-/m1/s1. The first kappa shape index (κ1) is 66.9. The largest absolute Gasteiger partial charge is 0.464 e. The van der Waals surface area contributed by atoms with Gasteiger partial charge < -0.3 is 69.9 Å². The number of benzene rings is 1. The zero-order valence-electron chi connectivity index (χ0n) is 47.3. The Morgan fingerprint density at radius 3 is 2.05 bits per heavy atom. The number of carbonyl (C=O) groups excluding carboxylic acids is 8. The van der Waals surface area contributed by atoms with Crippen LogP contribution in [-0.2, 0) is 73.2 Å². The predicted molar refractivity (Wildman–Crippen MR) is 283 cm³/mol. The van der Waals surface area contributed by atoms with Crippen LogP contribution in [-0.4, -0.2) is 191 Å². The summed E-state index contributed by atoms with van der Waals surface area (Å²) < 4.78 is 32.9. The number of likely N-dealkylation sites (tertiary alicyclic amines) is 1. The molecule has 1 aliphatic heterocycles. The van der Waals surface area contributed by atoms with Gasteiger partial charge in [0.05, 0.1) is 62.0 Å². The third-order valence-corrected chi connectivity index (χ3v) is 13.8. The lowest BCUT2D eigenvalue weighted by molar-refractivity contribution is -0.194. The summed E-state index contributed by atoms with van der Waals surface area (Å²) in [4.78, 5) is 110. The van der Waals surface area contributed by atoms with E-state index in [0.29, 0.717) is 25.8 Å². The molecule has 432 valence electrons. The summed E-state index contributed by atoms with van der Waals surface area (Å²) in [7, 11) is 7.69. The lowest BCUT2D eigenvalue weighted by atomic mass is 9.93. The third kappa shape index (κ3) is 22.0. The van der Waals surface area contributed by atoms with E-state index in [2.05, 4.69) is 26.6 Å². The second kappa shape index (κ2) is 35.2. The molecule has 76 heavy (non-hydrogen) atoms. The van der Waals surface area contributed by atoms with Crippen molar-refractivity contribution >= 4 is 47.4 Å². The minimum absolute atomic E-state index is 0.00336. The van der Waals surface area contributed by atoms with Crippen molar-refractivity contribution < 1.29 is 71.9 Å². The first-order chi connectivity index (χ1) is 36.1. The molecule has 0 saturated carbocycles. The van der Waals surface area contributed by atoms with Crippen LogP contribution in [0.15, 0.2) is 30.3 Å². The molecular formula is C54H91N7O15. The molecule has 2 unspecified atom stereocenters. The molecule has 1 saturated heterocycles. The van der Waals surface area contributed by atoms with Crippen LogP contribution in [0.3, 0.4) is 0 Å². The summed E-state index contributed by atoms with van der Waals surface area (Å²) in [5.74, 6) is -4.48. The van der Waals surface area contributed by atoms with Crippen LogP contribution in [0.2, 0.25) is 0 Å². The summed E-state index contributed by atoms with van der Waals surface area (Å²) in [5.41, 5.74) is 0.800. The molecule has 11 atom stereocenters. The van der Waals surface area contributed by atoms with Crippen LogP contribution in [0.25, 0.3) is 0 Å². The van der Waals surface area contributed by atoms with E-state index in [9.17, 15) is 43.5 Å². The summed E-state index contributed by atoms with van der Waals surface area (Å²) in [6.45, 7) is 14.4. The number of rotatable bonds is 36. The third-order valence-electron chi connectivity index (χ3n) is 13.8. The number of esters is 2. The topological polar surface area (TPSA) is 279 Å². The number of likely N-dealkylation sites (N-methyl/N-ethyl adjacent to an activating group) is 2. The van der Waals surface area contributed by atoms with E-state index in [1.54, 1.807) is 32.8 Å². The Balaban J connectivity index is 1.99. The van der Waals surface area contributed by atoms with Crippen molar-refractivity contribution in [3.63, 3.8) is 0 Å². The zero-order valence-corrected chi connectivity index (χ0v) is 47.3. The van der Waals surface area contributed by atoms with Crippen molar-refractivity contribution in [2.75, 3.05) is 68.3 Å². The number of amides is 6. The highest BCUT2D eigenvalue weighted by Crippen LogP contribution is 2.28. The summed E-state index contributed by atoms with van der Waals surface area (Å²) in [6, 6.07) is 4.89. The highest BCUT2D eigenvalue weighted by atomic mass is 16.7. The Hall–Kier alpha value is -5.26. The van der Waals surface area contributed by atoms with Crippen molar-refractivity contribution in [1.82, 2.24) is 36.4 Å². The van der Waals surface area contributed by atoms with Gasteiger partial charge in [-0.1, -0.05) is 71.9 Å². The number of nitrogens with zero attached hydrogens (tertiary/aromatic N) is 2. The van der Waals surface area contributed by atoms with Gasteiger partial charge in [0.1, 0.15) is 24.7 Å². The van der Waals surface area contributed by atoms with E-state index in [1.165, 1.54) is 33.2 Å². The van der Waals surface area contributed by atoms with Gasteiger partial charge in [0, 0.05) is 60.7 Å². The second-order valence-electron chi connectivity index (χ2n) is 20.1. The van der Waals surface area contributed by atoms with Gasteiger partial charge in [-0.05, 0) is 70.4 Å². The zero-order chi connectivity index (χ0) is 57.1. The quantitative estimate of drug-likeness (QED) is 0.0319. The number of hydrogen-bond donors (Lipinski definition) is 6. The summed E-state index contributed by atoms with van der Waals surface area (Å²) >= 11 is 0. The molecule has 2 rings (SSSR count). The Labute approximate surface area is 450 Å². The highest BCUT2D eigenvalue weighted by Gasteiger charge is 2.42. The van der Waals surface area contributed by atoms with Gasteiger partial charge in [0.2, 0.25) is 35.4 Å². The van der Waals surface area contributed by atoms with Crippen LogP contribution >= 0.6 is 0 Å².